The first-order valence-electron chi connectivity index (χ1n) is 5.03. The van der Waals surface area contributed by atoms with Crippen molar-refractivity contribution in [2.24, 2.45) is 5.73 Å². The maximum absolute atomic E-state index is 9.28. The molecule has 2 heteroatoms. The predicted octanol–water partition coefficient (Wildman–Crippen LogP) is 2.01. The summed E-state index contributed by atoms with van der Waals surface area (Å²) in [6.07, 6.45) is 0. The zero-order valence-corrected chi connectivity index (χ0v) is 8.77. The van der Waals surface area contributed by atoms with Gasteiger partial charge in [0.1, 0.15) is 0 Å². The molecule has 1 atom stereocenters. The molecule has 0 saturated heterocycles. The Hall–Kier alpha value is -1.38. The van der Waals surface area contributed by atoms with E-state index in [0.717, 1.165) is 16.3 Å². The molecule has 1 unspecified atom stereocenters. The molecule has 0 aliphatic heterocycles. The number of aliphatic hydroxyl groups is 1. The Bertz CT molecular complexity index is 471. The highest BCUT2D eigenvalue weighted by atomic mass is 16.3. The van der Waals surface area contributed by atoms with Gasteiger partial charge in [0.2, 0.25) is 0 Å². The van der Waals surface area contributed by atoms with Crippen molar-refractivity contribution >= 4 is 10.8 Å². The van der Waals surface area contributed by atoms with Gasteiger partial charge >= 0.3 is 0 Å². The number of rotatable bonds is 2. The first-order valence-corrected chi connectivity index (χ1v) is 5.03. The highest BCUT2D eigenvalue weighted by molar-refractivity contribution is 5.86. The summed E-state index contributed by atoms with van der Waals surface area (Å²) in [5.74, 6) is 0. The molecule has 0 saturated carbocycles. The number of aliphatic hydroxyl groups excluding tert-OH is 1. The lowest BCUT2D eigenvalue weighted by Gasteiger charge is -2.24. The van der Waals surface area contributed by atoms with Gasteiger partial charge in [-0.25, -0.2) is 0 Å². The molecule has 2 aromatic carbocycles. The van der Waals surface area contributed by atoms with Crippen LogP contribution in [0.4, 0.5) is 0 Å². The number of nitrogens with two attached hydrogens (primary N) is 1. The Morgan fingerprint density at radius 1 is 1.13 bits per heavy atom. The van der Waals surface area contributed by atoms with Crippen molar-refractivity contribution in [1.29, 1.82) is 0 Å². The third kappa shape index (κ3) is 1.74. The van der Waals surface area contributed by atoms with Crippen LogP contribution < -0.4 is 5.73 Å². The molecule has 0 heterocycles. The average Bonchev–Trinajstić information content (AvgIpc) is 2.28. The van der Waals surface area contributed by atoms with Gasteiger partial charge in [-0.1, -0.05) is 42.5 Å². The molecule has 0 aliphatic rings. The summed E-state index contributed by atoms with van der Waals surface area (Å²) in [7, 11) is 0. The van der Waals surface area contributed by atoms with Gasteiger partial charge in [0.05, 0.1) is 12.1 Å². The van der Waals surface area contributed by atoms with E-state index in [4.69, 9.17) is 5.73 Å². The smallest absolute Gasteiger partial charge is 0.0650 e. The molecule has 3 N–H and O–H groups in total. The van der Waals surface area contributed by atoms with Gasteiger partial charge < -0.3 is 10.8 Å². The third-order valence-electron chi connectivity index (χ3n) is 2.73. The van der Waals surface area contributed by atoms with E-state index in [1.54, 1.807) is 0 Å². The fraction of sp³-hybridized carbons (Fsp3) is 0.231. The highest BCUT2D eigenvalue weighted by Crippen LogP contribution is 2.26. The van der Waals surface area contributed by atoms with Gasteiger partial charge in [-0.05, 0) is 23.3 Å². The van der Waals surface area contributed by atoms with Crippen LogP contribution in [0.3, 0.4) is 0 Å². The number of fused-ring (bicyclic) bond motifs is 1. The van der Waals surface area contributed by atoms with Crippen LogP contribution in [0.5, 0.6) is 0 Å². The summed E-state index contributed by atoms with van der Waals surface area (Å²) in [6.45, 7) is 1.79. The summed E-state index contributed by atoms with van der Waals surface area (Å²) < 4.78 is 0. The SMILES string of the molecule is CC(N)(CO)c1cccc2ccccc12. The van der Waals surface area contributed by atoms with Crippen molar-refractivity contribution in [2.75, 3.05) is 6.61 Å². The molecule has 0 radical (unpaired) electrons. The van der Waals surface area contributed by atoms with Crippen molar-refractivity contribution in [3.05, 3.63) is 48.0 Å². The number of benzene rings is 2. The van der Waals surface area contributed by atoms with Gasteiger partial charge in [-0.15, -0.1) is 0 Å². The summed E-state index contributed by atoms with van der Waals surface area (Å²) in [5, 5.41) is 11.5. The topological polar surface area (TPSA) is 46.2 Å². The molecule has 2 nitrogen and oxygen atoms in total. The standard InChI is InChI=1S/C13H15NO/c1-13(14,9-15)12-8-4-6-10-5-2-3-7-11(10)12/h2-8,15H,9,14H2,1H3. The Balaban J connectivity index is 2.71. The Labute approximate surface area is 89.3 Å². The Kier molecular flexibility index (Phi) is 2.47. The van der Waals surface area contributed by atoms with Gasteiger partial charge in [0, 0.05) is 0 Å². The van der Waals surface area contributed by atoms with Crippen LogP contribution >= 0.6 is 0 Å². The minimum absolute atomic E-state index is 0.0546. The van der Waals surface area contributed by atoms with E-state index in [9.17, 15) is 5.11 Å². The fourth-order valence-electron chi connectivity index (χ4n) is 1.81. The van der Waals surface area contributed by atoms with E-state index >= 15 is 0 Å². The molecule has 0 amide bonds. The molecule has 2 aromatic rings. The quantitative estimate of drug-likeness (QED) is 0.780. The first kappa shape index (κ1) is 10.1. The normalized spacial score (nSPS) is 15.1. The first-order chi connectivity index (χ1) is 7.15. The lowest BCUT2D eigenvalue weighted by molar-refractivity contribution is 0.211. The summed E-state index contributed by atoms with van der Waals surface area (Å²) in [4.78, 5) is 0. The lowest BCUT2D eigenvalue weighted by atomic mass is 9.89. The van der Waals surface area contributed by atoms with Crippen molar-refractivity contribution in [3.8, 4) is 0 Å². The Morgan fingerprint density at radius 3 is 2.53 bits per heavy atom. The third-order valence-corrected chi connectivity index (χ3v) is 2.73. The van der Waals surface area contributed by atoms with Crippen LogP contribution in [0, 0.1) is 0 Å². The summed E-state index contributed by atoms with van der Waals surface area (Å²) >= 11 is 0. The monoisotopic (exact) mass is 201 g/mol. The summed E-state index contributed by atoms with van der Waals surface area (Å²) in [6, 6.07) is 14.1. The van der Waals surface area contributed by atoms with Crippen molar-refractivity contribution in [1.82, 2.24) is 0 Å². The minimum atomic E-state index is -0.680. The maximum atomic E-state index is 9.28. The molecule has 15 heavy (non-hydrogen) atoms. The lowest BCUT2D eigenvalue weighted by Crippen LogP contribution is -2.37. The maximum Gasteiger partial charge on any atom is 0.0650 e. The second-order valence-corrected chi connectivity index (χ2v) is 4.10. The van der Waals surface area contributed by atoms with Crippen LogP contribution in [0.15, 0.2) is 42.5 Å². The summed E-state index contributed by atoms with van der Waals surface area (Å²) in [5.41, 5.74) is 6.36. The van der Waals surface area contributed by atoms with Gasteiger partial charge in [-0.3, -0.25) is 0 Å². The Morgan fingerprint density at radius 2 is 1.80 bits per heavy atom. The van der Waals surface area contributed by atoms with E-state index in [0.29, 0.717) is 0 Å². The van der Waals surface area contributed by atoms with E-state index < -0.39 is 5.54 Å². The van der Waals surface area contributed by atoms with Crippen LogP contribution in [0.25, 0.3) is 10.8 Å². The van der Waals surface area contributed by atoms with Gasteiger partial charge in [-0.2, -0.15) is 0 Å². The van der Waals surface area contributed by atoms with Crippen molar-refractivity contribution in [2.45, 2.75) is 12.5 Å². The molecule has 0 aromatic heterocycles. The number of hydrogen-bond donors (Lipinski definition) is 2. The van der Waals surface area contributed by atoms with E-state index in [2.05, 4.69) is 0 Å². The second-order valence-electron chi connectivity index (χ2n) is 4.10. The molecule has 78 valence electrons. The molecule has 0 fully saturated rings. The molecular weight excluding hydrogens is 186 g/mol. The zero-order valence-electron chi connectivity index (χ0n) is 8.77. The van der Waals surface area contributed by atoms with E-state index in [1.165, 1.54) is 0 Å². The highest BCUT2D eigenvalue weighted by Gasteiger charge is 2.21. The fourth-order valence-corrected chi connectivity index (χ4v) is 1.81. The molecule has 0 spiro atoms. The molecule has 0 aliphatic carbocycles. The average molecular weight is 201 g/mol. The molecule has 2 rings (SSSR count). The van der Waals surface area contributed by atoms with Crippen LogP contribution in [0.1, 0.15) is 12.5 Å². The number of hydrogen-bond acceptors (Lipinski definition) is 2. The minimum Gasteiger partial charge on any atom is -0.394 e. The van der Waals surface area contributed by atoms with Crippen molar-refractivity contribution in [3.63, 3.8) is 0 Å². The zero-order chi connectivity index (χ0) is 10.9. The second kappa shape index (κ2) is 3.65. The van der Waals surface area contributed by atoms with E-state index in [-0.39, 0.29) is 6.61 Å². The van der Waals surface area contributed by atoms with Gasteiger partial charge in [0.15, 0.2) is 0 Å². The van der Waals surface area contributed by atoms with Gasteiger partial charge in [0.25, 0.3) is 0 Å². The predicted molar refractivity (Wildman–Crippen MR) is 62.6 cm³/mol. The van der Waals surface area contributed by atoms with Crippen molar-refractivity contribution < 1.29 is 5.11 Å². The van der Waals surface area contributed by atoms with Crippen LogP contribution in [0.2, 0.25) is 0 Å². The van der Waals surface area contributed by atoms with Crippen LogP contribution in [-0.4, -0.2) is 11.7 Å². The molecular formula is C13H15NO. The largest absolute Gasteiger partial charge is 0.394 e. The molecule has 0 bridgehead atoms. The van der Waals surface area contributed by atoms with E-state index in [1.807, 2.05) is 49.4 Å². The van der Waals surface area contributed by atoms with Crippen LogP contribution in [-0.2, 0) is 5.54 Å².